The van der Waals surface area contributed by atoms with Crippen molar-refractivity contribution in [1.82, 2.24) is 10.3 Å². The van der Waals surface area contributed by atoms with Crippen LogP contribution in [0.25, 0.3) is 5.57 Å². The molecule has 0 radical (unpaired) electrons. The molecule has 1 aromatic carbocycles. The SMILES string of the molecule is CCOC(=O)c1sc(C2=C(C)NC(C)=C(C(=O)OCCOC)C2c2cccc([N+](=O)[O-])c2)nc1C. The molecule has 2 aromatic rings. The Kier molecular flexibility index (Phi) is 8.36. The second kappa shape index (κ2) is 11.2. The maximum absolute atomic E-state index is 13.2. The maximum Gasteiger partial charge on any atom is 0.350 e. The van der Waals surface area contributed by atoms with E-state index in [9.17, 15) is 19.7 Å². The molecule has 11 heteroatoms. The number of rotatable bonds is 9. The number of thiazole rings is 1. The lowest BCUT2D eigenvalue weighted by Crippen LogP contribution is -2.29. The number of benzene rings is 1. The Labute approximate surface area is 206 Å². The molecule has 0 saturated carbocycles. The van der Waals surface area contributed by atoms with E-state index in [2.05, 4.69) is 10.3 Å². The molecule has 0 spiro atoms. The van der Waals surface area contributed by atoms with Gasteiger partial charge in [0.05, 0.1) is 29.4 Å². The Balaban J connectivity index is 2.18. The predicted molar refractivity (Wildman–Crippen MR) is 130 cm³/mol. The zero-order chi connectivity index (χ0) is 25.7. The van der Waals surface area contributed by atoms with Gasteiger partial charge in [0, 0.05) is 42.1 Å². The van der Waals surface area contributed by atoms with Crippen molar-refractivity contribution in [3.05, 3.63) is 72.5 Å². The highest BCUT2D eigenvalue weighted by atomic mass is 32.1. The van der Waals surface area contributed by atoms with Crippen molar-refractivity contribution in [1.29, 1.82) is 0 Å². The molecule has 1 N–H and O–H groups in total. The first-order valence-electron chi connectivity index (χ1n) is 10.9. The zero-order valence-corrected chi connectivity index (χ0v) is 21.0. The standard InChI is InChI=1S/C24H27N3O7S/c1-6-33-24(29)21-15(4)26-22(35-21)18-13(2)25-14(3)19(23(28)34-11-10-32-5)20(18)16-8-7-9-17(12-16)27(30)31/h7-9,12,20,25H,6,10-11H2,1-5H3. The topological polar surface area (TPSA) is 130 Å². The van der Waals surface area contributed by atoms with Crippen molar-refractivity contribution < 1.29 is 28.7 Å². The third kappa shape index (κ3) is 5.57. The second-order valence-corrected chi connectivity index (χ2v) is 8.77. The van der Waals surface area contributed by atoms with Crippen LogP contribution in [0.5, 0.6) is 0 Å². The van der Waals surface area contributed by atoms with E-state index in [1.54, 1.807) is 32.9 Å². The van der Waals surface area contributed by atoms with E-state index in [1.165, 1.54) is 19.2 Å². The molecule has 186 valence electrons. The number of aryl methyl sites for hydroxylation is 1. The number of hydrogen-bond acceptors (Lipinski definition) is 10. The summed E-state index contributed by atoms with van der Waals surface area (Å²) in [7, 11) is 1.50. The average Bonchev–Trinajstić information content (AvgIpc) is 3.20. The van der Waals surface area contributed by atoms with Crippen LogP contribution in [0.15, 0.2) is 41.2 Å². The number of carbonyl (C=O) groups is 2. The van der Waals surface area contributed by atoms with E-state index in [1.807, 2.05) is 6.92 Å². The lowest BCUT2D eigenvalue weighted by atomic mass is 9.80. The Morgan fingerprint density at radius 1 is 1.14 bits per heavy atom. The third-order valence-corrected chi connectivity index (χ3v) is 6.57. The van der Waals surface area contributed by atoms with E-state index in [-0.39, 0.29) is 25.5 Å². The molecular formula is C24H27N3O7S. The summed E-state index contributed by atoms with van der Waals surface area (Å²) < 4.78 is 15.6. The molecule has 0 fully saturated rings. The molecule has 1 unspecified atom stereocenters. The number of non-ortho nitro benzene ring substituents is 1. The van der Waals surface area contributed by atoms with Gasteiger partial charge in [-0.2, -0.15) is 0 Å². The minimum Gasteiger partial charge on any atom is -0.462 e. The third-order valence-electron chi connectivity index (χ3n) is 5.40. The second-order valence-electron chi connectivity index (χ2n) is 7.77. The van der Waals surface area contributed by atoms with Gasteiger partial charge in [-0.25, -0.2) is 14.6 Å². The van der Waals surface area contributed by atoms with Crippen LogP contribution in [0.2, 0.25) is 0 Å². The fourth-order valence-corrected chi connectivity index (χ4v) is 4.98. The van der Waals surface area contributed by atoms with Gasteiger partial charge in [0.15, 0.2) is 0 Å². The molecule has 35 heavy (non-hydrogen) atoms. The molecule has 10 nitrogen and oxygen atoms in total. The summed E-state index contributed by atoms with van der Waals surface area (Å²) >= 11 is 1.15. The highest BCUT2D eigenvalue weighted by Gasteiger charge is 2.37. The summed E-state index contributed by atoms with van der Waals surface area (Å²) in [5.41, 5.74) is 3.10. The van der Waals surface area contributed by atoms with Crippen LogP contribution in [0, 0.1) is 17.0 Å². The van der Waals surface area contributed by atoms with Crippen LogP contribution < -0.4 is 5.32 Å². The molecule has 0 amide bonds. The number of aromatic nitrogens is 1. The van der Waals surface area contributed by atoms with E-state index in [0.29, 0.717) is 43.7 Å². The Hall–Kier alpha value is -3.57. The number of nitrogens with one attached hydrogen (secondary N) is 1. The van der Waals surface area contributed by atoms with Crippen molar-refractivity contribution >= 4 is 34.5 Å². The van der Waals surface area contributed by atoms with Gasteiger partial charge >= 0.3 is 11.9 Å². The number of nitro groups is 1. The molecule has 1 aliphatic heterocycles. The summed E-state index contributed by atoms with van der Waals surface area (Å²) in [6, 6.07) is 6.12. The lowest BCUT2D eigenvalue weighted by Gasteiger charge is -2.30. The zero-order valence-electron chi connectivity index (χ0n) is 20.2. The van der Waals surface area contributed by atoms with E-state index in [0.717, 1.165) is 11.3 Å². The van der Waals surface area contributed by atoms with Crippen LogP contribution in [-0.4, -0.2) is 48.8 Å². The van der Waals surface area contributed by atoms with Gasteiger partial charge in [-0.05, 0) is 33.3 Å². The normalized spacial score (nSPS) is 15.6. The molecule has 0 aliphatic carbocycles. The van der Waals surface area contributed by atoms with Gasteiger partial charge in [-0.3, -0.25) is 10.1 Å². The van der Waals surface area contributed by atoms with Gasteiger partial charge < -0.3 is 19.5 Å². The molecule has 3 rings (SSSR count). The molecule has 0 saturated heterocycles. The van der Waals surface area contributed by atoms with Crippen molar-refractivity contribution in [2.24, 2.45) is 0 Å². The molecule has 2 heterocycles. The molecule has 1 aromatic heterocycles. The van der Waals surface area contributed by atoms with Crippen LogP contribution in [0.1, 0.15) is 52.6 Å². The fraction of sp³-hybridized carbons (Fsp3) is 0.375. The van der Waals surface area contributed by atoms with Crippen LogP contribution in [-0.2, 0) is 19.0 Å². The summed E-state index contributed by atoms with van der Waals surface area (Å²) in [4.78, 5) is 41.6. The Morgan fingerprint density at radius 2 is 1.89 bits per heavy atom. The van der Waals surface area contributed by atoms with Gasteiger partial charge in [0.25, 0.3) is 5.69 Å². The number of carbonyl (C=O) groups excluding carboxylic acids is 2. The number of dihydropyridines is 1. The minimum atomic E-state index is -0.716. The number of ether oxygens (including phenoxy) is 3. The van der Waals surface area contributed by atoms with E-state index < -0.39 is 22.8 Å². The number of nitrogens with zero attached hydrogens (tertiary/aromatic N) is 2. The van der Waals surface area contributed by atoms with Crippen molar-refractivity contribution in [2.75, 3.05) is 26.9 Å². The number of hydrogen-bond donors (Lipinski definition) is 1. The summed E-state index contributed by atoms with van der Waals surface area (Å²) in [5.74, 6) is -1.77. The van der Waals surface area contributed by atoms with Gasteiger partial charge in [-0.1, -0.05) is 12.1 Å². The van der Waals surface area contributed by atoms with Crippen LogP contribution in [0.4, 0.5) is 5.69 Å². The first kappa shape index (κ1) is 26.0. The first-order valence-corrected chi connectivity index (χ1v) is 11.7. The van der Waals surface area contributed by atoms with Crippen LogP contribution >= 0.6 is 11.3 Å². The first-order chi connectivity index (χ1) is 16.7. The van der Waals surface area contributed by atoms with Crippen LogP contribution in [0.3, 0.4) is 0 Å². The number of esters is 2. The number of allylic oxidation sites excluding steroid dienone is 3. The number of nitro benzene ring substituents is 1. The molecule has 0 bridgehead atoms. The van der Waals surface area contributed by atoms with E-state index in [4.69, 9.17) is 14.2 Å². The summed E-state index contributed by atoms with van der Waals surface area (Å²) in [5, 5.41) is 15.2. The number of methoxy groups -OCH3 is 1. The van der Waals surface area contributed by atoms with Crippen molar-refractivity contribution in [3.8, 4) is 0 Å². The quantitative estimate of drug-likeness (QED) is 0.233. The molecule has 1 atom stereocenters. The van der Waals surface area contributed by atoms with Gasteiger partial charge in [-0.15, -0.1) is 11.3 Å². The monoisotopic (exact) mass is 501 g/mol. The molecular weight excluding hydrogens is 474 g/mol. The summed E-state index contributed by atoms with van der Waals surface area (Å²) in [6.45, 7) is 7.51. The lowest BCUT2D eigenvalue weighted by molar-refractivity contribution is -0.384. The Morgan fingerprint density at radius 3 is 2.54 bits per heavy atom. The highest BCUT2D eigenvalue weighted by molar-refractivity contribution is 7.14. The Bertz CT molecular complexity index is 1220. The minimum absolute atomic E-state index is 0.0508. The highest BCUT2D eigenvalue weighted by Crippen LogP contribution is 2.45. The van der Waals surface area contributed by atoms with Gasteiger partial charge in [0.1, 0.15) is 16.5 Å². The maximum atomic E-state index is 13.2. The van der Waals surface area contributed by atoms with Crippen molar-refractivity contribution in [3.63, 3.8) is 0 Å². The summed E-state index contributed by atoms with van der Waals surface area (Å²) in [6.07, 6.45) is 0. The average molecular weight is 502 g/mol. The largest absolute Gasteiger partial charge is 0.462 e. The van der Waals surface area contributed by atoms with Crippen molar-refractivity contribution in [2.45, 2.75) is 33.6 Å². The molecule has 1 aliphatic rings. The fourth-order valence-electron chi connectivity index (χ4n) is 3.89. The smallest absolute Gasteiger partial charge is 0.350 e. The predicted octanol–water partition coefficient (Wildman–Crippen LogP) is 4.12. The van der Waals surface area contributed by atoms with Gasteiger partial charge in [0.2, 0.25) is 0 Å². The van der Waals surface area contributed by atoms with E-state index >= 15 is 0 Å².